The molecule has 0 bridgehead atoms. The lowest BCUT2D eigenvalue weighted by Crippen LogP contribution is -2.42. The van der Waals surface area contributed by atoms with Gasteiger partial charge in [0.15, 0.2) is 12.0 Å². The fourth-order valence-corrected chi connectivity index (χ4v) is 7.29. The number of aryl methyl sites for hydroxylation is 1. The number of aromatic nitrogens is 6. The van der Waals surface area contributed by atoms with Gasteiger partial charge in [-0.3, -0.25) is 9.36 Å². The number of benzene rings is 1. The molecule has 1 unspecified atom stereocenters. The van der Waals surface area contributed by atoms with Crippen LogP contribution in [-0.4, -0.2) is 72.2 Å². The van der Waals surface area contributed by atoms with Crippen LogP contribution in [0.4, 0.5) is 10.6 Å². The predicted octanol–water partition coefficient (Wildman–Crippen LogP) is 6.66. The molecule has 3 aliphatic rings. The number of rotatable bonds is 4. The first-order chi connectivity index (χ1) is 21.6. The second kappa shape index (κ2) is 11.7. The van der Waals surface area contributed by atoms with Gasteiger partial charge in [0.05, 0.1) is 41.6 Å². The van der Waals surface area contributed by atoms with Crippen LogP contribution in [-0.2, 0) is 22.6 Å². The highest BCUT2D eigenvalue weighted by molar-refractivity contribution is 6.36. The molecule has 6 heterocycles. The topological polar surface area (TPSA) is 95.5 Å². The number of carbonyl (C=O) groups is 1. The summed E-state index contributed by atoms with van der Waals surface area (Å²) in [7, 11) is 0. The molecule has 3 aromatic heterocycles. The normalized spacial score (nSPS) is 19.7. The summed E-state index contributed by atoms with van der Waals surface area (Å²) in [5.41, 5.74) is 5.74. The highest BCUT2D eigenvalue weighted by Gasteiger charge is 2.33. The summed E-state index contributed by atoms with van der Waals surface area (Å²) < 4.78 is 18.1. The van der Waals surface area contributed by atoms with Gasteiger partial charge >= 0.3 is 6.09 Å². The number of nitrogens with zero attached hydrogens (tertiary/aromatic N) is 8. The summed E-state index contributed by atoms with van der Waals surface area (Å²) in [5, 5.41) is 16.4. The smallest absolute Gasteiger partial charge is 0.410 e. The molecule has 2 fully saturated rings. The highest BCUT2D eigenvalue weighted by atomic mass is 35.5. The summed E-state index contributed by atoms with van der Waals surface area (Å²) in [5.74, 6) is 0.921. The Labute approximate surface area is 269 Å². The zero-order valence-electron chi connectivity index (χ0n) is 26.9. The molecule has 0 N–H and O–H groups in total. The average molecular weight is 635 g/mol. The molecule has 2 saturated heterocycles. The first-order valence-electron chi connectivity index (χ1n) is 16.2. The van der Waals surface area contributed by atoms with Crippen molar-refractivity contribution < 1.29 is 14.3 Å². The maximum atomic E-state index is 12.8. The van der Waals surface area contributed by atoms with Crippen molar-refractivity contribution in [1.82, 2.24) is 34.2 Å². The van der Waals surface area contributed by atoms with Crippen LogP contribution in [0, 0.1) is 13.8 Å². The molecule has 0 radical (unpaired) electrons. The number of ether oxygens (including phenoxy) is 2. The van der Waals surface area contributed by atoms with E-state index in [9.17, 15) is 4.79 Å². The molecule has 7 rings (SSSR count). The van der Waals surface area contributed by atoms with E-state index >= 15 is 0 Å². The van der Waals surface area contributed by atoms with Crippen molar-refractivity contribution in [2.45, 2.75) is 97.7 Å². The Morgan fingerprint density at radius 3 is 2.56 bits per heavy atom. The van der Waals surface area contributed by atoms with Gasteiger partial charge in [-0.25, -0.2) is 9.48 Å². The van der Waals surface area contributed by atoms with E-state index in [2.05, 4.69) is 45.3 Å². The van der Waals surface area contributed by atoms with Crippen LogP contribution in [0.3, 0.4) is 0 Å². The molecule has 1 amide bonds. The summed E-state index contributed by atoms with van der Waals surface area (Å²) in [6.07, 6.45) is 8.22. The summed E-state index contributed by atoms with van der Waals surface area (Å²) >= 11 is 7.25. The van der Waals surface area contributed by atoms with Gasteiger partial charge in [0.1, 0.15) is 5.60 Å². The Bertz CT molecular complexity index is 1720. The van der Waals surface area contributed by atoms with Gasteiger partial charge in [0.2, 0.25) is 0 Å². The lowest BCUT2D eigenvalue weighted by molar-refractivity contribution is -0.0366. The molecule has 1 atom stereocenters. The van der Waals surface area contributed by atoms with Gasteiger partial charge in [-0.15, -0.1) is 0 Å². The monoisotopic (exact) mass is 634 g/mol. The molecule has 1 aromatic carbocycles. The molecule has 0 saturated carbocycles. The quantitative estimate of drug-likeness (QED) is 0.248. The molecule has 240 valence electrons. The Kier molecular flexibility index (Phi) is 7.80. The van der Waals surface area contributed by atoms with Gasteiger partial charge in [-0.05, 0) is 84.4 Å². The van der Waals surface area contributed by atoms with Crippen LogP contribution in [0.15, 0.2) is 24.5 Å². The van der Waals surface area contributed by atoms with Crippen LogP contribution < -0.4 is 4.90 Å². The van der Waals surface area contributed by atoms with E-state index in [0.29, 0.717) is 19.6 Å². The van der Waals surface area contributed by atoms with Gasteiger partial charge in [0, 0.05) is 54.6 Å². The third-order valence-corrected chi connectivity index (χ3v) is 9.82. The average Bonchev–Trinajstić information content (AvgIpc) is 3.74. The predicted molar refractivity (Wildman–Crippen MR) is 174 cm³/mol. The van der Waals surface area contributed by atoms with Crippen LogP contribution in [0.25, 0.3) is 22.0 Å². The van der Waals surface area contributed by atoms with Crippen LogP contribution in [0.2, 0.25) is 5.02 Å². The fourth-order valence-electron chi connectivity index (χ4n) is 7.04. The third-order valence-electron chi connectivity index (χ3n) is 9.33. The maximum Gasteiger partial charge on any atom is 0.410 e. The van der Waals surface area contributed by atoms with Crippen molar-refractivity contribution in [2.24, 2.45) is 0 Å². The lowest BCUT2D eigenvalue weighted by atomic mass is 9.97. The number of hydrogen-bond donors (Lipinski definition) is 0. The Morgan fingerprint density at radius 2 is 1.82 bits per heavy atom. The van der Waals surface area contributed by atoms with E-state index < -0.39 is 5.60 Å². The Hall–Kier alpha value is -3.57. The second-order valence-corrected chi connectivity index (χ2v) is 14.0. The maximum absolute atomic E-state index is 12.8. The highest BCUT2D eigenvalue weighted by Crippen LogP contribution is 2.46. The van der Waals surface area contributed by atoms with Crippen molar-refractivity contribution in [3.63, 3.8) is 0 Å². The summed E-state index contributed by atoms with van der Waals surface area (Å²) in [6.45, 7) is 14.2. The lowest BCUT2D eigenvalue weighted by Gasteiger charge is -2.34. The zero-order chi connectivity index (χ0) is 31.5. The minimum Gasteiger partial charge on any atom is -0.444 e. The minimum atomic E-state index is -0.518. The van der Waals surface area contributed by atoms with Gasteiger partial charge in [-0.1, -0.05) is 11.6 Å². The first kappa shape index (κ1) is 30.1. The van der Waals surface area contributed by atoms with Crippen molar-refractivity contribution in [3.05, 3.63) is 46.5 Å². The van der Waals surface area contributed by atoms with Crippen LogP contribution in [0.5, 0.6) is 0 Å². The zero-order valence-corrected chi connectivity index (χ0v) is 27.7. The van der Waals surface area contributed by atoms with Crippen molar-refractivity contribution in [3.8, 4) is 11.1 Å². The van der Waals surface area contributed by atoms with Crippen LogP contribution in [0.1, 0.15) is 82.1 Å². The van der Waals surface area contributed by atoms with E-state index in [1.165, 1.54) is 0 Å². The molecule has 11 nitrogen and oxygen atoms in total. The van der Waals surface area contributed by atoms with Gasteiger partial charge < -0.3 is 19.3 Å². The number of carbonyl (C=O) groups excluding carboxylic acids is 1. The fraction of sp³-hybridized carbons (Fsp3) is 0.576. The van der Waals surface area contributed by atoms with Crippen LogP contribution >= 0.6 is 11.6 Å². The summed E-state index contributed by atoms with van der Waals surface area (Å²) in [4.78, 5) is 17.0. The van der Waals surface area contributed by atoms with E-state index in [4.69, 9.17) is 31.3 Å². The molecule has 3 aliphatic heterocycles. The number of anilines is 1. The van der Waals surface area contributed by atoms with E-state index in [1.807, 2.05) is 42.7 Å². The number of hydrogen-bond acceptors (Lipinski definition) is 7. The van der Waals surface area contributed by atoms with Gasteiger partial charge in [0.25, 0.3) is 0 Å². The Balaban J connectivity index is 1.30. The number of piperidine rings is 1. The van der Waals surface area contributed by atoms with E-state index in [0.717, 1.165) is 102 Å². The van der Waals surface area contributed by atoms with E-state index in [1.54, 1.807) is 0 Å². The molecule has 4 aromatic rings. The summed E-state index contributed by atoms with van der Waals surface area (Å²) in [6, 6.07) is 4.36. The molecule has 12 heteroatoms. The van der Waals surface area contributed by atoms with Gasteiger partial charge in [-0.2, -0.15) is 15.3 Å². The van der Waals surface area contributed by atoms with Crippen molar-refractivity contribution in [1.29, 1.82) is 0 Å². The Morgan fingerprint density at radius 1 is 1.02 bits per heavy atom. The number of likely N-dealkylation sites (tertiary alicyclic amines) is 1. The first-order valence-corrected chi connectivity index (χ1v) is 16.6. The molecule has 45 heavy (non-hydrogen) atoms. The SMILES string of the molecule is Cc1cc2c(cnn2C2CCCCO2)c(-c2c(N3CCn4nccc4C3)nn(C3CCN(C(=O)OC(C)(C)C)CC3)c2C)c1Cl. The number of halogens is 1. The largest absolute Gasteiger partial charge is 0.444 e. The number of fused-ring (bicyclic) bond motifs is 2. The van der Waals surface area contributed by atoms with Crippen molar-refractivity contribution >= 4 is 34.4 Å². The third kappa shape index (κ3) is 5.58. The van der Waals surface area contributed by atoms with Crippen molar-refractivity contribution in [2.75, 3.05) is 31.1 Å². The second-order valence-electron chi connectivity index (χ2n) is 13.6. The molecular formula is C33H43ClN8O3. The standard InChI is InChI=1S/C33H43ClN8O3/c1-21-18-26-25(19-36-42(26)27-8-6-7-17-44-27)29(30(21)34)28-22(2)41(23-10-13-38(14-11-23)32(43)45-33(3,4)5)37-31(28)39-15-16-40-24(20-39)9-12-35-40/h9,12,18-19,23,27H,6-8,10-11,13-17,20H2,1-5H3. The molecular weight excluding hydrogens is 592 g/mol. The number of amides is 1. The molecule has 0 spiro atoms. The van der Waals surface area contributed by atoms with E-state index in [-0.39, 0.29) is 18.4 Å². The minimum absolute atomic E-state index is 0.0782. The molecule has 0 aliphatic carbocycles.